The van der Waals surface area contributed by atoms with E-state index in [1.165, 1.54) is 15.4 Å². The van der Waals surface area contributed by atoms with Gasteiger partial charge in [0.2, 0.25) is 5.95 Å². The third kappa shape index (κ3) is 2.51. The molecule has 9 nitrogen and oxygen atoms in total. The summed E-state index contributed by atoms with van der Waals surface area (Å²) in [6.07, 6.45) is 4.75. The number of fused-ring (bicyclic) bond motifs is 2. The zero-order valence-electron chi connectivity index (χ0n) is 14.8. The van der Waals surface area contributed by atoms with Crippen molar-refractivity contribution >= 4 is 23.0 Å². The first-order chi connectivity index (χ1) is 13.5. The lowest BCUT2D eigenvalue weighted by Gasteiger charge is -2.14. The molecule has 0 aromatic carbocycles. The van der Waals surface area contributed by atoms with Crippen molar-refractivity contribution in [1.82, 2.24) is 34.3 Å². The Bertz CT molecular complexity index is 1300. The highest BCUT2D eigenvalue weighted by atomic mass is 35.5. The minimum atomic E-state index is -0.282. The number of hydrogen-bond acceptors (Lipinski definition) is 5. The number of pyridine rings is 1. The Balaban J connectivity index is 1.48. The minimum absolute atomic E-state index is 0.165. The SMILES string of the molecule is Cc1c(C(=O)N2Cc3cc(Cl)cnc3C2)cnn1-c1nn2cccc2c(=O)[nH]1. The molecular weight excluding hydrogens is 382 g/mol. The van der Waals surface area contributed by atoms with Crippen molar-refractivity contribution in [2.75, 3.05) is 0 Å². The van der Waals surface area contributed by atoms with Gasteiger partial charge in [-0.3, -0.25) is 19.6 Å². The van der Waals surface area contributed by atoms with E-state index < -0.39 is 0 Å². The van der Waals surface area contributed by atoms with Crippen LogP contribution in [0.2, 0.25) is 5.02 Å². The Morgan fingerprint density at radius 3 is 3.00 bits per heavy atom. The third-order valence-electron chi connectivity index (χ3n) is 4.84. The minimum Gasteiger partial charge on any atom is -0.328 e. The van der Waals surface area contributed by atoms with E-state index >= 15 is 0 Å². The lowest BCUT2D eigenvalue weighted by Crippen LogP contribution is -2.26. The van der Waals surface area contributed by atoms with Gasteiger partial charge < -0.3 is 4.90 Å². The van der Waals surface area contributed by atoms with Crippen LogP contribution in [-0.2, 0) is 13.1 Å². The molecule has 1 N–H and O–H groups in total. The predicted molar refractivity (Wildman–Crippen MR) is 100 cm³/mol. The Morgan fingerprint density at radius 1 is 1.29 bits per heavy atom. The number of aromatic nitrogens is 6. The summed E-state index contributed by atoms with van der Waals surface area (Å²) in [7, 11) is 0. The standard InChI is InChI=1S/C18H14ClN7O2/c1-10-13(17(28)24-8-11-5-12(19)6-20-14(11)9-24)7-21-26(10)18-22-16(27)15-3-2-4-25(15)23-18/h2-7H,8-9H2,1H3,(H,22,23,27). The van der Waals surface area contributed by atoms with Gasteiger partial charge in [-0.15, -0.1) is 5.10 Å². The molecule has 4 aromatic rings. The summed E-state index contributed by atoms with van der Waals surface area (Å²) in [6, 6.07) is 5.23. The van der Waals surface area contributed by atoms with Gasteiger partial charge in [-0.05, 0) is 30.7 Å². The maximum Gasteiger partial charge on any atom is 0.276 e. The maximum absolute atomic E-state index is 13.0. The summed E-state index contributed by atoms with van der Waals surface area (Å²) in [6.45, 7) is 2.62. The number of amides is 1. The van der Waals surface area contributed by atoms with Crippen LogP contribution in [0, 0.1) is 6.92 Å². The largest absolute Gasteiger partial charge is 0.328 e. The fourth-order valence-electron chi connectivity index (χ4n) is 3.41. The van der Waals surface area contributed by atoms with Crippen LogP contribution < -0.4 is 5.56 Å². The molecule has 0 fully saturated rings. The van der Waals surface area contributed by atoms with E-state index in [9.17, 15) is 9.59 Å². The number of halogens is 1. The van der Waals surface area contributed by atoms with E-state index in [1.54, 1.807) is 36.4 Å². The normalized spacial score (nSPS) is 13.3. The first-order valence-corrected chi connectivity index (χ1v) is 8.94. The zero-order chi connectivity index (χ0) is 19.4. The highest BCUT2D eigenvalue weighted by Gasteiger charge is 2.28. The summed E-state index contributed by atoms with van der Waals surface area (Å²) in [4.78, 5) is 33.9. The van der Waals surface area contributed by atoms with E-state index in [-0.39, 0.29) is 17.4 Å². The number of aromatic amines is 1. The third-order valence-corrected chi connectivity index (χ3v) is 5.05. The smallest absolute Gasteiger partial charge is 0.276 e. The topological polar surface area (TPSA) is 101 Å². The second kappa shape index (κ2) is 6.03. The van der Waals surface area contributed by atoms with Crippen LogP contribution in [0.3, 0.4) is 0 Å². The molecule has 1 aliphatic rings. The Hall–Kier alpha value is -3.46. The van der Waals surface area contributed by atoms with E-state index in [2.05, 4.69) is 20.2 Å². The fourth-order valence-corrected chi connectivity index (χ4v) is 3.59. The molecule has 0 atom stereocenters. The molecule has 10 heteroatoms. The van der Waals surface area contributed by atoms with Gasteiger partial charge in [0, 0.05) is 18.9 Å². The van der Waals surface area contributed by atoms with Gasteiger partial charge in [0.1, 0.15) is 5.52 Å². The molecule has 0 bridgehead atoms. The molecule has 1 aliphatic heterocycles. The molecule has 1 amide bonds. The summed E-state index contributed by atoms with van der Waals surface area (Å²) < 4.78 is 2.93. The van der Waals surface area contributed by atoms with Crippen molar-refractivity contribution < 1.29 is 4.79 Å². The predicted octanol–water partition coefficient (Wildman–Crippen LogP) is 1.72. The lowest BCUT2D eigenvalue weighted by molar-refractivity contribution is 0.0749. The van der Waals surface area contributed by atoms with Gasteiger partial charge >= 0.3 is 0 Å². The Kier molecular flexibility index (Phi) is 3.59. The van der Waals surface area contributed by atoms with Crippen LogP contribution in [0.5, 0.6) is 0 Å². The van der Waals surface area contributed by atoms with Crippen LogP contribution in [0.4, 0.5) is 0 Å². The van der Waals surface area contributed by atoms with Gasteiger partial charge in [0.15, 0.2) is 0 Å². The Morgan fingerprint density at radius 2 is 2.14 bits per heavy atom. The quantitative estimate of drug-likeness (QED) is 0.557. The number of hydrogen-bond donors (Lipinski definition) is 1. The van der Waals surface area contributed by atoms with Gasteiger partial charge in [0.05, 0.1) is 34.7 Å². The van der Waals surface area contributed by atoms with Gasteiger partial charge in [0.25, 0.3) is 11.5 Å². The number of H-pyrrole nitrogens is 1. The first kappa shape index (κ1) is 16.7. The van der Waals surface area contributed by atoms with Crippen LogP contribution in [0.25, 0.3) is 11.5 Å². The molecule has 4 aromatic heterocycles. The first-order valence-electron chi connectivity index (χ1n) is 8.56. The zero-order valence-corrected chi connectivity index (χ0v) is 15.5. The highest BCUT2D eigenvalue weighted by molar-refractivity contribution is 6.30. The Labute approximate surface area is 163 Å². The average Bonchev–Trinajstić information content (AvgIpc) is 3.38. The second-order valence-electron chi connectivity index (χ2n) is 6.59. The molecule has 0 unspecified atom stereocenters. The molecule has 140 valence electrons. The van der Waals surface area contributed by atoms with Crippen LogP contribution in [0.1, 0.15) is 27.3 Å². The summed E-state index contributed by atoms with van der Waals surface area (Å²) in [5, 5.41) is 9.16. The lowest BCUT2D eigenvalue weighted by atomic mass is 10.2. The summed E-state index contributed by atoms with van der Waals surface area (Å²) in [5.74, 6) is 0.0747. The van der Waals surface area contributed by atoms with E-state index in [1.807, 2.05) is 6.07 Å². The second-order valence-corrected chi connectivity index (χ2v) is 7.03. The van der Waals surface area contributed by atoms with Crippen molar-refractivity contribution in [2.45, 2.75) is 20.0 Å². The number of rotatable bonds is 2. The van der Waals surface area contributed by atoms with E-state index in [4.69, 9.17) is 11.6 Å². The molecule has 5 rings (SSSR count). The summed E-state index contributed by atoms with van der Waals surface area (Å²) >= 11 is 5.99. The molecule has 0 spiro atoms. The van der Waals surface area contributed by atoms with E-state index in [0.717, 1.165) is 11.3 Å². The van der Waals surface area contributed by atoms with Crippen molar-refractivity contribution in [1.29, 1.82) is 0 Å². The molecule has 0 radical (unpaired) electrons. The van der Waals surface area contributed by atoms with Crippen LogP contribution >= 0.6 is 11.6 Å². The van der Waals surface area contributed by atoms with Crippen molar-refractivity contribution in [2.24, 2.45) is 0 Å². The number of carbonyl (C=O) groups is 1. The molecule has 28 heavy (non-hydrogen) atoms. The molecule has 0 saturated carbocycles. The fraction of sp³-hybridized carbons (Fsp3) is 0.167. The van der Waals surface area contributed by atoms with Crippen molar-refractivity contribution in [3.05, 3.63) is 74.7 Å². The van der Waals surface area contributed by atoms with Crippen LogP contribution in [0.15, 0.2) is 41.6 Å². The number of carbonyl (C=O) groups excluding carboxylic acids is 1. The average molecular weight is 396 g/mol. The number of nitrogens with one attached hydrogen (secondary N) is 1. The van der Waals surface area contributed by atoms with Gasteiger partial charge in [-0.25, -0.2) is 9.20 Å². The monoisotopic (exact) mass is 395 g/mol. The van der Waals surface area contributed by atoms with E-state index in [0.29, 0.717) is 34.9 Å². The maximum atomic E-state index is 13.0. The van der Waals surface area contributed by atoms with Gasteiger partial charge in [-0.2, -0.15) is 5.10 Å². The van der Waals surface area contributed by atoms with Crippen LogP contribution in [-0.4, -0.2) is 40.2 Å². The summed E-state index contributed by atoms with van der Waals surface area (Å²) in [5.41, 5.74) is 2.96. The van der Waals surface area contributed by atoms with Crippen molar-refractivity contribution in [3.63, 3.8) is 0 Å². The molecule has 0 saturated heterocycles. The molecule has 5 heterocycles. The molecule has 0 aliphatic carbocycles. The van der Waals surface area contributed by atoms with Crippen molar-refractivity contribution in [3.8, 4) is 5.95 Å². The van der Waals surface area contributed by atoms with Gasteiger partial charge in [-0.1, -0.05) is 11.6 Å². The number of nitrogens with zero attached hydrogens (tertiary/aromatic N) is 6. The molecular formula is C18H14ClN7O2. The highest BCUT2D eigenvalue weighted by Crippen LogP contribution is 2.25.